The summed E-state index contributed by atoms with van der Waals surface area (Å²) in [5, 5.41) is 45.4. The third-order valence-corrected chi connectivity index (χ3v) is 10.2. The molecule has 0 spiro atoms. The average molecular weight is 491 g/mol. The molecule has 11 atom stereocenters. The number of fused-ring (bicyclic) bond motifs is 5. The van der Waals surface area contributed by atoms with Crippen molar-refractivity contribution >= 4 is 11.8 Å². The minimum absolute atomic E-state index is 0.168. The fourth-order valence-electron chi connectivity index (χ4n) is 8.58. The third kappa shape index (κ3) is 3.17. The Morgan fingerprint density at radius 1 is 1.06 bits per heavy atom. The number of carbonyl (C=O) groups is 2. The molecule has 0 aliphatic heterocycles. The summed E-state index contributed by atoms with van der Waals surface area (Å²) in [4.78, 5) is 37.1. The van der Waals surface area contributed by atoms with Crippen LogP contribution in [0.1, 0.15) is 64.4 Å². The summed E-state index contributed by atoms with van der Waals surface area (Å²) in [6.45, 7) is 4.79. The zero-order valence-corrected chi connectivity index (χ0v) is 20.2. The van der Waals surface area contributed by atoms with Gasteiger partial charge in [-0.2, -0.15) is 0 Å². The Hall–Kier alpha value is -2.07. The molecule has 9 nitrogen and oxygen atoms in total. The Labute approximate surface area is 203 Å². The summed E-state index contributed by atoms with van der Waals surface area (Å²) in [5.41, 5.74) is -3.44. The first-order valence-corrected chi connectivity index (χ1v) is 12.4. The normalized spacial score (nSPS) is 49.1. The Balaban J connectivity index is 1.57. The van der Waals surface area contributed by atoms with Crippen LogP contribution >= 0.6 is 0 Å². The maximum atomic E-state index is 14.0. The van der Waals surface area contributed by atoms with E-state index in [1.165, 1.54) is 19.3 Å². The lowest BCUT2D eigenvalue weighted by Crippen LogP contribution is -2.72. The molecule has 1 aromatic rings. The van der Waals surface area contributed by atoms with Crippen LogP contribution in [-0.4, -0.2) is 62.2 Å². The van der Waals surface area contributed by atoms with Gasteiger partial charge in [-0.3, -0.25) is 9.59 Å². The number of ketones is 1. The second-order valence-electron chi connectivity index (χ2n) is 11.6. The number of esters is 1. The molecule has 0 radical (unpaired) electrons. The first kappa shape index (κ1) is 24.6. The molecule has 4 aliphatic carbocycles. The van der Waals surface area contributed by atoms with E-state index in [0.29, 0.717) is 31.2 Å². The van der Waals surface area contributed by atoms with Gasteiger partial charge in [0.25, 0.3) is 0 Å². The van der Waals surface area contributed by atoms with E-state index in [0.717, 1.165) is 0 Å². The molecule has 0 amide bonds. The Bertz CT molecular complexity index is 1080. The summed E-state index contributed by atoms with van der Waals surface area (Å²) in [7, 11) is 0. The topological polar surface area (TPSA) is 154 Å². The van der Waals surface area contributed by atoms with Crippen LogP contribution < -0.4 is 5.63 Å². The maximum absolute atomic E-state index is 14.0. The molecule has 35 heavy (non-hydrogen) atoms. The van der Waals surface area contributed by atoms with Crippen LogP contribution in [0.25, 0.3) is 0 Å². The van der Waals surface area contributed by atoms with E-state index in [4.69, 9.17) is 9.15 Å². The zero-order chi connectivity index (χ0) is 25.5. The first-order valence-electron chi connectivity index (χ1n) is 12.4. The van der Waals surface area contributed by atoms with E-state index in [2.05, 4.69) is 0 Å². The van der Waals surface area contributed by atoms with Crippen LogP contribution in [0.2, 0.25) is 0 Å². The summed E-state index contributed by atoms with van der Waals surface area (Å²) in [6.07, 6.45) is -1.54. The van der Waals surface area contributed by atoms with Gasteiger partial charge in [-0.1, -0.05) is 6.92 Å². The minimum atomic E-state index is -1.42. The largest absolute Gasteiger partial charge is 0.460 e. The zero-order valence-electron chi connectivity index (χ0n) is 20.2. The summed E-state index contributed by atoms with van der Waals surface area (Å²) in [6, 6.07) is 2.90. The van der Waals surface area contributed by atoms with Gasteiger partial charge in [0, 0.05) is 24.8 Å². The quantitative estimate of drug-likeness (QED) is 0.443. The van der Waals surface area contributed by atoms with Crippen molar-refractivity contribution in [1.82, 2.24) is 0 Å². The van der Waals surface area contributed by atoms with Crippen molar-refractivity contribution in [3.63, 3.8) is 0 Å². The van der Waals surface area contributed by atoms with Crippen LogP contribution in [0, 0.1) is 28.6 Å². The molecular weight excluding hydrogens is 456 g/mol. The number of Topliss-reactive ketones (excluding diaryl/α,β-unsaturated/α-hetero) is 1. The monoisotopic (exact) mass is 490 g/mol. The van der Waals surface area contributed by atoms with Crippen molar-refractivity contribution in [1.29, 1.82) is 0 Å². The fourth-order valence-corrected chi connectivity index (χ4v) is 8.58. The van der Waals surface area contributed by atoms with Crippen molar-refractivity contribution in [3.05, 3.63) is 34.4 Å². The Morgan fingerprint density at radius 2 is 1.74 bits per heavy atom. The van der Waals surface area contributed by atoms with E-state index in [1.54, 1.807) is 13.0 Å². The van der Waals surface area contributed by atoms with Gasteiger partial charge in [-0.25, -0.2) is 4.79 Å². The second-order valence-corrected chi connectivity index (χ2v) is 11.6. The second kappa shape index (κ2) is 7.96. The van der Waals surface area contributed by atoms with E-state index in [9.17, 15) is 34.8 Å². The third-order valence-electron chi connectivity index (χ3n) is 10.2. The number of hydrogen-bond donors (Lipinski definition) is 4. The molecule has 4 fully saturated rings. The molecule has 0 bridgehead atoms. The molecule has 192 valence electrons. The summed E-state index contributed by atoms with van der Waals surface area (Å²) < 4.78 is 10.4. The van der Waals surface area contributed by atoms with Crippen molar-refractivity contribution < 1.29 is 39.2 Å². The standard InChI is InChI=1S/C26H34O9/c1-12(27)35-17-10-24(2)16(20(29)21(17)30)6-5-15-19(24)22(31)23(32)25(3)14(8-9-26(15,25)33)13-4-7-18(28)34-11-13/h4,7,11,14-17,19-22,29-31,33H,5-6,8-10H2,1-3H3. The molecule has 0 aromatic carbocycles. The average Bonchev–Trinajstić information content (AvgIpc) is 3.08. The van der Waals surface area contributed by atoms with Crippen LogP contribution in [0.3, 0.4) is 0 Å². The number of hydrogen-bond acceptors (Lipinski definition) is 9. The van der Waals surface area contributed by atoms with Crippen molar-refractivity contribution in [2.75, 3.05) is 0 Å². The van der Waals surface area contributed by atoms with Crippen LogP contribution in [0.4, 0.5) is 0 Å². The number of carbonyl (C=O) groups excluding carboxylic acids is 2. The highest BCUT2D eigenvalue weighted by Crippen LogP contribution is 2.69. The van der Waals surface area contributed by atoms with Crippen molar-refractivity contribution in [3.8, 4) is 0 Å². The molecule has 1 aromatic heterocycles. The van der Waals surface area contributed by atoms with Gasteiger partial charge in [0.2, 0.25) is 0 Å². The molecule has 11 unspecified atom stereocenters. The van der Waals surface area contributed by atoms with Gasteiger partial charge < -0.3 is 29.6 Å². The van der Waals surface area contributed by atoms with E-state index >= 15 is 0 Å². The van der Waals surface area contributed by atoms with E-state index < -0.39 is 81.9 Å². The Morgan fingerprint density at radius 3 is 2.37 bits per heavy atom. The minimum Gasteiger partial charge on any atom is -0.460 e. The van der Waals surface area contributed by atoms with E-state index in [1.807, 2.05) is 6.92 Å². The molecule has 1 heterocycles. The molecular formula is C26H34O9. The van der Waals surface area contributed by atoms with Crippen molar-refractivity contribution in [2.45, 2.75) is 88.8 Å². The van der Waals surface area contributed by atoms with Gasteiger partial charge in [0.1, 0.15) is 18.3 Å². The summed E-state index contributed by atoms with van der Waals surface area (Å²) in [5.74, 6) is -3.04. The highest BCUT2D eigenvalue weighted by atomic mass is 16.6. The number of rotatable bonds is 2. The van der Waals surface area contributed by atoms with Crippen LogP contribution in [0.15, 0.2) is 27.6 Å². The molecule has 4 saturated carbocycles. The maximum Gasteiger partial charge on any atom is 0.335 e. The van der Waals surface area contributed by atoms with E-state index in [-0.39, 0.29) is 6.42 Å². The lowest BCUT2D eigenvalue weighted by atomic mass is 9.41. The Kier molecular flexibility index (Phi) is 5.60. The highest BCUT2D eigenvalue weighted by Gasteiger charge is 2.74. The van der Waals surface area contributed by atoms with Crippen LogP contribution in [-0.2, 0) is 14.3 Å². The fraction of sp³-hybridized carbons (Fsp3) is 0.731. The van der Waals surface area contributed by atoms with Crippen LogP contribution in [0.5, 0.6) is 0 Å². The SMILES string of the molecule is CC(=O)OC1CC2(C)C(CCC3C2C(O)C(=O)C2(C)C(c4ccc(=O)oc4)CCC32O)C(O)C1O. The van der Waals surface area contributed by atoms with Gasteiger partial charge in [0.05, 0.1) is 23.4 Å². The molecule has 4 N–H and O–H groups in total. The molecule has 9 heteroatoms. The number of aliphatic hydroxyl groups is 4. The van der Waals surface area contributed by atoms with Gasteiger partial charge in [-0.05, 0) is 67.9 Å². The highest BCUT2D eigenvalue weighted by molar-refractivity contribution is 5.93. The predicted molar refractivity (Wildman–Crippen MR) is 121 cm³/mol. The van der Waals surface area contributed by atoms with Crippen molar-refractivity contribution in [2.24, 2.45) is 28.6 Å². The smallest absolute Gasteiger partial charge is 0.335 e. The predicted octanol–water partition coefficient (Wildman–Crippen LogP) is 0.904. The molecule has 5 rings (SSSR count). The first-order chi connectivity index (χ1) is 16.4. The molecule has 0 saturated heterocycles. The number of ether oxygens (including phenoxy) is 1. The lowest BCUT2D eigenvalue weighted by molar-refractivity contribution is -0.255. The lowest BCUT2D eigenvalue weighted by Gasteiger charge is -2.65. The molecule has 4 aliphatic rings. The number of aliphatic hydroxyl groups excluding tert-OH is 3. The van der Waals surface area contributed by atoms with Gasteiger partial charge >= 0.3 is 11.6 Å². The van der Waals surface area contributed by atoms with Gasteiger partial charge in [0.15, 0.2) is 5.78 Å². The van der Waals surface area contributed by atoms with Gasteiger partial charge in [-0.15, -0.1) is 0 Å². The summed E-state index contributed by atoms with van der Waals surface area (Å²) >= 11 is 0.